The first-order chi connectivity index (χ1) is 9.96. The molecule has 2 nitrogen and oxygen atoms in total. The van der Waals surface area contributed by atoms with E-state index in [1.165, 1.54) is 28.2 Å². The van der Waals surface area contributed by atoms with Gasteiger partial charge >= 0.3 is 0 Å². The van der Waals surface area contributed by atoms with Gasteiger partial charge in [0.15, 0.2) is 0 Å². The van der Waals surface area contributed by atoms with Gasteiger partial charge in [-0.05, 0) is 56.7 Å². The van der Waals surface area contributed by atoms with Crippen molar-refractivity contribution in [2.24, 2.45) is 0 Å². The van der Waals surface area contributed by atoms with Crippen LogP contribution < -0.4 is 10.2 Å². The number of hydrogen-bond acceptors (Lipinski definition) is 2. The van der Waals surface area contributed by atoms with Crippen molar-refractivity contribution < 1.29 is 0 Å². The molecule has 1 aliphatic heterocycles. The molecule has 0 fully saturated rings. The third-order valence-corrected chi connectivity index (χ3v) is 3.99. The summed E-state index contributed by atoms with van der Waals surface area (Å²) < 4.78 is 0. The van der Waals surface area contributed by atoms with Gasteiger partial charge in [-0.25, -0.2) is 0 Å². The minimum atomic E-state index is 0.0178. The molecular weight excluding hydrogens is 256 g/mol. The second kappa shape index (κ2) is 4.96. The van der Waals surface area contributed by atoms with Crippen LogP contribution in [0, 0.1) is 0 Å². The predicted octanol–water partition coefficient (Wildman–Crippen LogP) is 5.06. The molecule has 0 radical (unpaired) electrons. The van der Waals surface area contributed by atoms with Crippen LogP contribution in [0.2, 0.25) is 0 Å². The molecule has 0 bridgehead atoms. The van der Waals surface area contributed by atoms with Crippen LogP contribution in [-0.2, 0) is 0 Å². The SMILES string of the molecule is CC1=CC(C)(C)Nc2ccc(N(C)c3ccccc3)cc21. The van der Waals surface area contributed by atoms with Crippen LogP contribution in [0.25, 0.3) is 5.57 Å². The lowest BCUT2D eigenvalue weighted by Gasteiger charge is -2.32. The van der Waals surface area contributed by atoms with Gasteiger partial charge in [0.05, 0.1) is 5.54 Å². The Morgan fingerprint density at radius 3 is 2.38 bits per heavy atom. The Morgan fingerprint density at radius 1 is 0.952 bits per heavy atom. The van der Waals surface area contributed by atoms with Crippen LogP contribution in [0.1, 0.15) is 26.3 Å². The zero-order valence-electron chi connectivity index (χ0n) is 13.1. The Balaban J connectivity index is 1.99. The standard InChI is InChI=1S/C19H22N2/c1-14-13-19(2,3)20-18-11-10-16(12-17(14)18)21(4)15-8-6-5-7-9-15/h5-13,20H,1-4H3. The zero-order valence-corrected chi connectivity index (χ0v) is 13.1. The van der Waals surface area contributed by atoms with Crippen molar-refractivity contribution in [1.29, 1.82) is 0 Å². The Hall–Kier alpha value is -2.22. The maximum absolute atomic E-state index is 3.58. The fraction of sp³-hybridized carbons (Fsp3) is 0.263. The van der Waals surface area contributed by atoms with Gasteiger partial charge in [0.2, 0.25) is 0 Å². The number of hydrogen-bond donors (Lipinski definition) is 1. The van der Waals surface area contributed by atoms with Crippen LogP contribution in [0.5, 0.6) is 0 Å². The maximum atomic E-state index is 3.58. The molecule has 1 heterocycles. The fourth-order valence-corrected chi connectivity index (χ4v) is 2.98. The topological polar surface area (TPSA) is 15.3 Å². The van der Waals surface area contributed by atoms with Gasteiger partial charge in [-0.3, -0.25) is 0 Å². The van der Waals surface area contributed by atoms with Gasteiger partial charge in [-0.15, -0.1) is 0 Å². The van der Waals surface area contributed by atoms with Gasteiger partial charge in [0, 0.05) is 29.7 Å². The number of fused-ring (bicyclic) bond motifs is 1. The van der Waals surface area contributed by atoms with E-state index < -0.39 is 0 Å². The van der Waals surface area contributed by atoms with Crippen molar-refractivity contribution in [3.63, 3.8) is 0 Å². The maximum Gasteiger partial charge on any atom is 0.0505 e. The molecule has 0 saturated heterocycles. The van der Waals surface area contributed by atoms with E-state index in [0.29, 0.717) is 0 Å². The van der Waals surface area contributed by atoms with E-state index in [9.17, 15) is 0 Å². The first kappa shape index (κ1) is 13.7. The van der Waals surface area contributed by atoms with Crippen LogP contribution in [0.15, 0.2) is 54.6 Å². The monoisotopic (exact) mass is 278 g/mol. The summed E-state index contributed by atoms with van der Waals surface area (Å²) in [6, 6.07) is 17.1. The van der Waals surface area contributed by atoms with E-state index in [1.54, 1.807) is 0 Å². The van der Waals surface area contributed by atoms with Crippen LogP contribution in [0.4, 0.5) is 17.1 Å². The Bertz CT molecular complexity index is 684. The van der Waals surface area contributed by atoms with Crippen LogP contribution in [-0.4, -0.2) is 12.6 Å². The summed E-state index contributed by atoms with van der Waals surface area (Å²) in [5.41, 5.74) is 6.25. The summed E-state index contributed by atoms with van der Waals surface area (Å²) in [5.74, 6) is 0. The summed E-state index contributed by atoms with van der Waals surface area (Å²) >= 11 is 0. The molecule has 108 valence electrons. The third-order valence-electron chi connectivity index (χ3n) is 3.99. The Morgan fingerprint density at radius 2 is 1.67 bits per heavy atom. The second-order valence-electron chi connectivity index (χ2n) is 6.30. The third kappa shape index (κ3) is 2.66. The number of nitrogens with one attached hydrogen (secondary N) is 1. The first-order valence-corrected chi connectivity index (χ1v) is 7.37. The molecule has 0 spiro atoms. The molecule has 2 heteroatoms. The van der Waals surface area contributed by atoms with Crippen molar-refractivity contribution in [3.05, 3.63) is 60.2 Å². The lowest BCUT2D eigenvalue weighted by Crippen LogP contribution is -2.31. The second-order valence-corrected chi connectivity index (χ2v) is 6.30. The largest absolute Gasteiger partial charge is 0.376 e. The van der Waals surface area contributed by atoms with Crippen LogP contribution in [0.3, 0.4) is 0 Å². The molecule has 0 atom stereocenters. The molecule has 1 aliphatic rings. The highest BCUT2D eigenvalue weighted by atomic mass is 15.1. The van der Waals surface area contributed by atoms with E-state index in [4.69, 9.17) is 0 Å². The molecule has 0 saturated carbocycles. The number of nitrogens with zero attached hydrogens (tertiary/aromatic N) is 1. The molecule has 1 N–H and O–H groups in total. The average molecular weight is 278 g/mol. The lowest BCUT2D eigenvalue weighted by atomic mass is 9.91. The van der Waals surface area contributed by atoms with Gasteiger partial charge in [0.25, 0.3) is 0 Å². The predicted molar refractivity (Wildman–Crippen MR) is 92.3 cm³/mol. The molecule has 2 aromatic carbocycles. The number of rotatable bonds is 2. The summed E-state index contributed by atoms with van der Waals surface area (Å²) in [4.78, 5) is 2.22. The summed E-state index contributed by atoms with van der Waals surface area (Å²) in [6.45, 7) is 6.58. The molecule has 0 unspecified atom stereocenters. The number of benzene rings is 2. The quantitative estimate of drug-likeness (QED) is 0.825. The highest BCUT2D eigenvalue weighted by molar-refractivity contribution is 5.83. The van der Waals surface area contributed by atoms with Crippen molar-refractivity contribution in [3.8, 4) is 0 Å². The lowest BCUT2D eigenvalue weighted by molar-refractivity contribution is 0.707. The number of allylic oxidation sites excluding steroid dienone is 1. The first-order valence-electron chi connectivity index (χ1n) is 7.37. The normalized spacial score (nSPS) is 15.7. The van der Waals surface area contributed by atoms with Gasteiger partial charge in [-0.1, -0.05) is 24.3 Å². The molecule has 0 aromatic heterocycles. The molecular formula is C19H22N2. The molecule has 0 aliphatic carbocycles. The minimum Gasteiger partial charge on any atom is -0.376 e. The van der Waals surface area contributed by atoms with Crippen molar-refractivity contribution in [1.82, 2.24) is 0 Å². The summed E-state index contributed by atoms with van der Waals surface area (Å²) in [5, 5.41) is 3.58. The van der Waals surface area contributed by atoms with Crippen molar-refractivity contribution in [2.45, 2.75) is 26.3 Å². The van der Waals surface area contributed by atoms with E-state index in [1.807, 2.05) is 6.07 Å². The average Bonchev–Trinajstić information content (AvgIpc) is 2.46. The van der Waals surface area contributed by atoms with E-state index in [0.717, 1.165) is 0 Å². The molecule has 3 rings (SSSR count). The van der Waals surface area contributed by atoms with Gasteiger partial charge in [0.1, 0.15) is 0 Å². The van der Waals surface area contributed by atoms with E-state index in [2.05, 4.69) is 86.6 Å². The van der Waals surface area contributed by atoms with E-state index >= 15 is 0 Å². The zero-order chi connectivity index (χ0) is 15.0. The molecule has 2 aromatic rings. The highest BCUT2D eigenvalue weighted by Gasteiger charge is 2.22. The highest BCUT2D eigenvalue weighted by Crippen LogP contribution is 2.36. The molecule has 0 amide bonds. The summed E-state index contributed by atoms with van der Waals surface area (Å²) in [7, 11) is 2.11. The fourth-order valence-electron chi connectivity index (χ4n) is 2.98. The summed E-state index contributed by atoms with van der Waals surface area (Å²) in [6.07, 6.45) is 2.29. The minimum absolute atomic E-state index is 0.0178. The van der Waals surface area contributed by atoms with Crippen molar-refractivity contribution in [2.75, 3.05) is 17.3 Å². The van der Waals surface area contributed by atoms with Crippen molar-refractivity contribution >= 4 is 22.6 Å². The van der Waals surface area contributed by atoms with E-state index in [-0.39, 0.29) is 5.54 Å². The number of anilines is 3. The smallest absolute Gasteiger partial charge is 0.0505 e. The number of para-hydroxylation sites is 1. The van der Waals surface area contributed by atoms with Gasteiger partial charge < -0.3 is 10.2 Å². The Kier molecular flexibility index (Phi) is 3.25. The Labute approximate surface area is 127 Å². The molecule has 21 heavy (non-hydrogen) atoms. The van der Waals surface area contributed by atoms with Crippen LogP contribution >= 0.6 is 0 Å². The van der Waals surface area contributed by atoms with Gasteiger partial charge in [-0.2, -0.15) is 0 Å².